The highest BCUT2D eigenvalue weighted by atomic mass is 19.1. The molecule has 1 aromatic carbocycles. The summed E-state index contributed by atoms with van der Waals surface area (Å²) in [6, 6.07) is 4.41. The van der Waals surface area contributed by atoms with E-state index in [4.69, 9.17) is 0 Å². The maximum absolute atomic E-state index is 12.8. The number of hydrogen-bond donors (Lipinski definition) is 0. The van der Waals surface area contributed by atoms with Crippen LogP contribution in [0.2, 0.25) is 0 Å². The molecule has 0 aliphatic rings. The smallest absolute Gasteiger partial charge is 0.129 e. The quantitative estimate of drug-likeness (QED) is 0.660. The van der Waals surface area contributed by atoms with Crippen LogP contribution in [0, 0.1) is 5.82 Å². The van der Waals surface area contributed by atoms with Crippen molar-refractivity contribution in [2.75, 3.05) is 19.0 Å². The van der Waals surface area contributed by atoms with Crippen LogP contribution in [0.15, 0.2) is 18.2 Å². The Kier molecular flexibility index (Phi) is 2.63. The predicted octanol–water partition coefficient (Wildman–Crippen LogP) is 2.36. The summed E-state index contributed by atoms with van der Waals surface area (Å²) in [5.74, 6) is -0.483. The van der Waals surface area contributed by atoms with E-state index < -0.39 is 12.5 Å². The molecule has 0 spiro atoms. The third-order valence-electron chi connectivity index (χ3n) is 1.69. The average molecular weight is 171 g/mol. The van der Waals surface area contributed by atoms with E-state index in [2.05, 4.69) is 0 Å². The largest absolute Gasteiger partial charge is 0.378 e. The Morgan fingerprint density at radius 3 is 2.50 bits per heavy atom. The molecule has 0 amide bonds. The van der Waals surface area contributed by atoms with Crippen molar-refractivity contribution in [3.05, 3.63) is 29.6 Å². The standard InChI is InChI=1S/C9H11F2N/c1-12(2)8-3-4-9(11)7(5-8)6-10/h3-5H,6H2,1-2H3. The molecule has 0 radical (unpaired) electrons. The van der Waals surface area contributed by atoms with Crippen LogP contribution in [0.25, 0.3) is 0 Å². The minimum absolute atomic E-state index is 0.112. The zero-order valence-electron chi connectivity index (χ0n) is 7.14. The lowest BCUT2D eigenvalue weighted by molar-refractivity contribution is 0.464. The molecule has 66 valence electrons. The van der Waals surface area contributed by atoms with Crippen LogP contribution < -0.4 is 4.90 Å². The Balaban J connectivity index is 3.05. The molecule has 0 heterocycles. The number of anilines is 1. The Labute approximate surface area is 70.6 Å². The van der Waals surface area contributed by atoms with E-state index in [0.29, 0.717) is 0 Å². The van der Waals surface area contributed by atoms with E-state index >= 15 is 0 Å². The molecule has 1 nitrogen and oxygen atoms in total. The van der Waals surface area contributed by atoms with Gasteiger partial charge in [0.15, 0.2) is 0 Å². The van der Waals surface area contributed by atoms with Crippen molar-refractivity contribution in [2.45, 2.75) is 6.67 Å². The zero-order chi connectivity index (χ0) is 9.14. The van der Waals surface area contributed by atoms with Gasteiger partial charge in [0.1, 0.15) is 12.5 Å². The second-order valence-electron chi connectivity index (χ2n) is 2.80. The molecule has 0 aliphatic carbocycles. The molecule has 0 saturated carbocycles. The molecule has 0 N–H and O–H groups in total. The van der Waals surface area contributed by atoms with E-state index in [-0.39, 0.29) is 5.56 Å². The first kappa shape index (κ1) is 8.97. The monoisotopic (exact) mass is 171 g/mol. The van der Waals surface area contributed by atoms with Crippen molar-refractivity contribution in [2.24, 2.45) is 0 Å². The van der Waals surface area contributed by atoms with Crippen molar-refractivity contribution < 1.29 is 8.78 Å². The summed E-state index contributed by atoms with van der Waals surface area (Å²) in [7, 11) is 3.66. The van der Waals surface area contributed by atoms with Gasteiger partial charge in [0.05, 0.1) is 0 Å². The van der Waals surface area contributed by atoms with E-state index in [1.165, 1.54) is 12.1 Å². The molecule has 0 fully saturated rings. The minimum atomic E-state index is -0.756. The van der Waals surface area contributed by atoms with E-state index in [1.807, 2.05) is 14.1 Å². The second-order valence-corrected chi connectivity index (χ2v) is 2.80. The fourth-order valence-electron chi connectivity index (χ4n) is 0.942. The summed E-state index contributed by atoms with van der Waals surface area (Å²) in [5.41, 5.74) is 0.922. The van der Waals surface area contributed by atoms with E-state index in [9.17, 15) is 8.78 Å². The maximum atomic E-state index is 12.8. The first-order chi connectivity index (χ1) is 5.65. The number of rotatable bonds is 2. The highest BCUT2D eigenvalue weighted by Crippen LogP contribution is 2.17. The molecule has 0 atom stereocenters. The third kappa shape index (κ3) is 1.72. The van der Waals surface area contributed by atoms with Gasteiger partial charge in [-0.05, 0) is 18.2 Å². The first-order valence-corrected chi connectivity index (χ1v) is 3.67. The fourth-order valence-corrected chi connectivity index (χ4v) is 0.942. The molecule has 3 heteroatoms. The topological polar surface area (TPSA) is 3.24 Å². The van der Waals surface area contributed by atoms with Crippen LogP contribution in [-0.4, -0.2) is 14.1 Å². The third-order valence-corrected chi connectivity index (χ3v) is 1.69. The Morgan fingerprint density at radius 1 is 1.33 bits per heavy atom. The van der Waals surface area contributed by atoms with Crippen LogP contribution in [0.3, 0.4) is 0 Å². The van der Waals surface area contributed by atoms with Gasteiger partial charge in [-0.1, -0.05) is 0 Å². The molecule has 0 bridgehead atoms. The zero-order valence-corrected chi connectivity index (χ0v) is 7.14. The summed E-state index contributed by atoms with van der Waals surface area (Å²) in [4.78, 5) is 1.80. The van der Waals surface area contributed by atoms with Crippen LogP contribution in [0.5, 0.6) is 0 Å². The number of hydrogen-bond acceptors (Lipinski definition) is 1. The molecule has 12 heavy (non-hydrogen) atoms. The average Bonchev–Trinajstić information content (AvgIpc) is 2.05. The lowest BCUT2D eigenvalue weighted by Gasteiger charge is -2.12. The van der Waals surface area contributed by atoms with E-state index in [0.717, 1.165) is 5.69 Å². The molecule has 1 aromatic rings. The van der Waals surface area contributed by atoms with Crippen molar-refractivity contribution in [1.29, 1.82) is 0 Å². The van der Waals surface area contributed by atoms with Crippen LogP contribution in [0.1, 0.15) is 5.56 Å². The van der Waals surface area contributed by atoms with Crippen LogP contribution in [-0.2, 0) is 6.67 Å². The lowest BCUT2D eigenvalue weighted by atomic mass is 10.2. The first-order valence-electron chi connectivity index (χ1n) is 3.67. The van der Waals surface area contributed by atoms with Gasteiger partial charge in [0, 0.05) is 25.3 Å². The van der Waals surface area contributed by atoms with Gasteiger partial charge in [-0.25, -0.2) is 8.78 Å². The van der Waals surface area contributed by atoms with Gasteiger partial charge < -0.3 is 4.90 Å². The van der Waals surface area contributed by atoms with E-state index in [1.54, 1.807) is 11.0 Å². The van der Waals surface area contributed by atoms with Crippen molar-refractivity contribution >= 4 is 5.69 Å². The number of alkyl halides is 1. The normalized spacial score (nSPS) is 10.0. The van der Waals surface area contributed by atoms with Crippen molar-refractivity contribution in [1.82, 2.24) is 0 Å². The molecule has 1 rings (SSSR count). The molecule has 0 aliphatic heterocycles. The van der Waals surface area contributed by atoms with Gasteiger partial charge in [-0.15, -0.1) is 0 Å². The summed E-state index contributed by atoms with van der Waals surface area (Å²) in [5, 5.41) is 0. The summed E-state index contributed by atoms with van der Waals surface area (Å²) in [6.45, 7) is -0.756. The molecule has 0 saturated heterocycles. The highest BCUT2D eigenvalue weighted by molar-refractivity contribution is 5.47. The molecule has 0 aromatic heterocycles. The Bertz CT molecular complexity index is 271. The molecule has 0 unspecified atom stereocenters. The Hall–Kier alpha value is -1.12. The highest BCUT2D eigenvalue weighted by Gasteiger charge is 2.03. The molecular formula is C9H11F2N. The minimum Gasteiger partial charge on any atom is -0.378 e. The fraction of sp³-hybridized carbons (Fsp3) is 0.333. The number of halogens is 2. The SMILES string of the molecule is CN(C)c1ccc(F)c(CF)c1. The van der Waals surface area contributed by atoms with Gasteiger partial charge in [-0.2, -0.15) is 0 Å². The second kappa shape index (κ2) is 3.52. The van der Waals surface area contributed by atoms with Crippen molar-refractivity contribution in [3.8, 4) is 0 Å². The summed E-state index contributed by atoms with van der Waals surface area (Å²) in [6.07, 6.45) is 0. The summed E-state index contributed by atoms with van der Waals surface area (Å²) >= 11 is 0. The Morgan fingerprint density at radius 2 is 2.00 bits per heavy atom. The maximum Gasteiger partial charge on any atom is 0.129 e. The lowest BCUT2D eigenvalue weighted by Crippen LogP contribution is -2.09. The predicted molar refractivity (Wildman–Crippen MR) is 45.5 cm³/mol. The number of nitrogens with zero attached hydrogens (tertiary/aromatic N) is 1. The van der Waals surface area contributed by atoms with Gasteiger partial charge in [0.2, 0.25) is 0 Å². The van der Waals surface area contributed by atoms with Crippen molar-refractivity contribution in [3.63, 3.8) is 0 Å². The van der Waals surface area contributed by atoms with Gasteiger partial charge in [0.25, 0.3) is 0 Å². The molecular weight excluding hydrogens is 160 g/mol. The van der Waals surface area contributed by atoms with Gasteiger partial charge >= 0.3 is 0 Å². The van der Waals surface area contributed by atoms with Crippen LogP contribution >= 0.6 is 0 Å². The van der Waals surface area contributed by atoms with Crippen LogP contribution in [0.4, 0.5) is 14.5 Å². The number of benzene rings is 1. The summed E-state index contributed by atoms with van der Waals surface area (Å²) < 4.78 is 24.9. The van der Waals surface area contributed by atoms with Gasteiger partial charge in [-0.3, -0.25) is 0 Å².